The van der Waals surface area contributed by atoms with Gasteiger partial charge in [0.15, 0.2) is 5.16 Å². The molecule has 0 aliphatic carbocycles. The molecule has 2 rings (SSSR count). The maximum absolute atomic E-state index is 12.2. The Balaban J connectivity index is 1.95. The molecule has 1 amide bonds. The molecule has 0 spiro atoms. The monoisotopic (exact) mass is 318 g/mol. The highest BCUT2D eigenvalue weighted by Gasteiger charge is 2.14. The number of hydrogen-bond donors (Lipinski definition) is 1. The summed E-state index contributed by atoms with van der Waals surface area (Å²) in [7, 11) is 1.87. The van der Waals surface area contributed by atoms with Crippen LogP contribution in [0.4, 0.5) is 0 Å². The second-order valence-corrected chi connectivity index (χ2v) is 6.33. The topological polar surface area (TPSA) is 59.8 Å². The molecule has 0 fully saturated rings. The molecule has 1 unspecified atom stereocenters. The van der Waals surface area contributed by atoms with Crippen LogP contribution in [0.3, 0.4) is 0 Å². The van der Waals surface area contributed by atoms with Crippen LogP contribution in [0.5, 0.6) is 0 Å². The first-order valence-corrected chi connectivity index (χ1v) is 8.33. The van der Waals surface area contributed by atoms with E-state index in [9.17, 15) is 4.79 Å². The van der Waals surface area contributed by atoms with E-state index in [1.807, 2.05) is 7.05 Å². The molecular weight excluding hydrogens is 296 g/mol. The number of hydrogen-bond acceptors (Lipinski definition) is 4. The summed E-state index contributed by atoms with van der Waals surface area (Å²) in [5, 5.41) is 11.6. The summed E-state index contributed by atoms with van der Waals surface area (Å²) in [6, 6.07) is 6.40. The van der Waals surface area contributed by atoms with Crippen LogP contribution >= 0.6 is 11.8 Å². The van der Waals surface area contributed by atoms with Gasteiger partial charge in [-0.2, -0.15) is 0 Å². The van der Waals surface area contributed by atoms with Crippen LogP contribution < -0.4 is 5.32 Å². The molecule has 0 aliphatic heterocycles. The predicted molar refractivity (Wildman–Crippen MR) is 88.8 cm³/mol. The summed E-state index contributed by atoms with van der Waals surface area (Å²) in [6.07, 6.45) is 2.49. The Morgan fingerprint density at radius 3 is 2.73 bits per heavy atom. The van der Waals surface area contributed by atoms with Crippen molar-refractivity contribution in [1.82, 2.24) is 20.1 Å². The standard InChI is InChI=1S/C16H22N4OS/c1-5-14(13-7-6-11(2)12(3)8-13)18-15(21)9-22-16-19-17-10-20(16)4/h6-8,10,14H,5,9H2,1-4H3,(H,18,21). The Morgan fingerprint density at radius 1 is 1.36 bits per heavy atom. The number of carbonyl (C=O) groups excluding carboxylic acids is 1. The fourth-order valence-electron chi connectivity index (χ4n) is 2.17. The Kier molecular flexibility index (Phi) is 5.60. The molecule has 1 N–H and O–H groups in total. The molecule has 1 heterocycles. The smallest absolute Gasteiger partial charge is 0.230 e. The van der Waals surface area contributed by atoms with Crippen LogP contribution in [-0.2, 0) is 11.8 Å². The molecule has 0 saturated heterocycles. The molecule has 118 valence electrons. The number of rotatable bonds is 6. The van der Waals surface area contributed by atoms with E-state index in [4.69, 9.17) is 0 Å². The van der Waals surface area contributed by atoms with Gasteiger partial charge in [0.05, 0.1) is 11.8 Å². The lowest BCUT2D eigenvalue weighted by atomic mass is 9.99. The van der Waals surface area contributed by atoms with Gasteiger partial charge in [-0.25, -0.2) is 0 Å². The first-order valence-electron chi connectivity index (χ1n) is 7.34. The normalized spacial score (nSPS) is 12.2. The summed E-state index contributed by atoms with van der Waals surface area (Å²) in [6.45, 7) is 6.27. The maximum atomic E-state index is 12.2. The van der Waals surface area contributed by atoms with Crippen LogP contribution in [0.1, 0.15) is 36.1 Å². The zero-order chi connectivity index (χ0) is 16.1. The predicted octanol–water partition coefficient (Wildman–Crippen LogP) is 2.79. The van der Waals surface area contributed by atoms with E-state index >= 15 is 0 Å². The summed E-state index contributed by atoms with van der Waals surface area (Å²) in [4.78, 5) is 12.2. The third kappa shape index (κ3) is 4.10. The number of thioether (sulfide) groups is 1. The van der Waals surface area contributed by atoms with Gasteiger partial charge in [-0.3, -0.25) is 4.79 Å². The van der Waals surface area contributed by atoms with Gasteiger partial charge < -0.3 is 9.88 Å². The van der Waals surface area contributed by atoms with Gasteiger partial charge in [0.25, 0.3) is 0 Å². The number of nitrogens with one attached hydrogen (secondary N) is 1. The van der Waals surface area contributed by atoms with Crippen molar-refractivity contribution < 1.29 is 4.79 Å². The fourth-order valence-corrected chi connectivity index (χ4v) is 2.87. The lowest BCUT2D eigenvalue weighted by Crippen LogP contribution is -2.29. The van der Waals surface area contributed by atoms with E-state index in [1.54, 1.807) is 10.9 Å². The van der Waals surface area contributed by atoms with Crippen molar-refractivity contribution in [2.45, 2.75) is 38.4 Å². The molecule has 1 atom stereocenters. The molecule has 6 heteroatoms. The number of aryl methyl sites for hydroxylation is 3. The van der Waals surface area contributed by atoms with Crippen molar-refractivity contribution in [2.24, 2.45) is 7.05 Å². The van der Waals surface area contributed by atoms with Crippen LogP contribution in [0.2, 0.25) is 0 Å². The number of benzene rings is 1. The molecule has 0 bridgehead atoms. The second kappa shape index (κ2) is 7.45. The van der Waals surface area contributed by atoms with Gasteiger partial charge in [-0.15, -0.1) is 10.2 Å². The van der Waals surface area contributed by atoms with Gasteiger partial charge >= 0.3 is 0 Å². The quantitative estimate of drug-likeness (QED) is 0.832. The van der Waals surface area contributed by atoms with Crippen LogP contribution in [0.15, 0.2) is 29.7 Å². The number of carbonyl (C=O) groups is 1. The van der Waals surface area contributed by atoms with E-state index in [2.05, 4.69) is 54.5 Å². The van der Waals surface area contributed by atoms with Crippen LogP contribution in [0, 0.1) is 13.8 Å². The molecule has 22 heavy (non-hydrogen) atoms. The van der Waals surface area contributed by atoms with E-state index in [0.717, 1.165) is 17.1 Å². The summed E-state index contributed by atoms with van der Waals surface area (Å²) >= 11 is 1.39. The SMILES string of the molecule is CCC(NC(=O)CSc1nncn1C)c1ccc(C)c(C)c1. The average Bonchev–Trinajstić information content (AvgIpc) is 2.91. The second-order valence-electron chi connectivity index (χ2n) is 5.39. The van der Waals surface area contributed by atoms with Crippen molar-refractivity contribution in [1.29, 1.82) is 0 Å². The molecule has 2 aromatic rings. The van der Waals surface area contributed by atoms with Gasteiger partial charge in [-0.1, -0.05) is 36.9 Å². The lowest BCUT2D eigenvalue weighted by molar-refractivity contribution is -0.119. The highest BCUT2D eigenvalue weighted by molar-refractivity contribution is 7.99. The van der Waals surface area contributed by atoms with E-state index < -0.39 is 0 Å². The fraction of sp³-hybridized carbons (Fsp3) is 0.438. The third-order valence-electron chi connectivity index (χ3n) is 3.68. The zero-order valence-electron chi connectivity index (χ0n) is 13.5. The Labute approximate surface area is 135 Å². The van der Waals surface area contributed by atoms with Gasteiger partial charge in [0.2, 0.25) is 5.91 Å². The first kappa shape index (κ1) is 16.5. The average molecular weight is 318 g/mol. The zero-order valence-corrected chi connectivity index (χ0v) is 14.3. The minimum absolute atomic E-state index is 0.0121. The molecule has 5 nitrogen and oxygen atoms in total. The lowest BCUT2D eigenvalue weighted by Gasteiger charge is -2.18. The summed E-state index contributed by atoms with van der Waals surface area (Å²) < 4.78 is 1.80. The van der Waals surface area contributed by atoms with E-state index in [0.29, 0.717) is 5.75 Å². The van der Waals surface area contributed by atoms with Gasteiger partial charge in [-0.05, 0) is 37.0 Å². The Bertz CT molecular complexity index is 653. The maximum Gasteiger partial charge on any atom is 0.230 e. The van der Waals surface area contributed by atoms with Crippen molar-refractivity contribution >= 4 is 17.7 Å². The summed E-state index contributed by atoms with van der Waals surface area (Å²) in [5.41, 5.74) is 3.67. The number of aromatic nitrogens is 3. The van der Waals surface area contributed by atoms with Crippen molar-refractivity contribution in [3.63, 3.8) is 0 Å². The van der Waals surface area contributed by atoms with Crippen molar-refractivity contribution in [3.8, 4) is 0 Å². The van der Waals surface area contributed by atoms with Crippen molar-refractivity contribution in [3.05, 3.63) is 41.2 Å². The highest BCUT2D eigenvalue weighted by atomic mass is 32.2. The minimum Gasteiger partial charge on any atom is -0.349 e. The molecule has 1 aromatic carbocycles. The van der Waals surface area contributed by atoms with Gasteiger partial charge in [0.1, 0.15) is 6.33 Å². The van der Waals surface area contributed by atoms with E-state index in [-0.39, 0.29) is 11.9 Å². The highest BCUT2D eigenvalue weighted by Crippen LogP contribution is 2.20. The van der Waals surface area contributed by atoms with Crippen LogP contribution in [0.25, 0.3) is 0 Å². The molecule has 0 radical (unpaired) electrons. The van der Waals surface area contributed by atoms with Crippen molar-refractivity contribution in [2.75, 3.05) is 5.75 Å². The first-order chi connectivity index (χ1) is 10.5. The van der Waals surface area contributed by atoms with Gasteiger partial charge in [0, 0.05) is 7.05 Å². The molecule has 0 aliphatic rings. The number of amides is 1. The number of nitrogens with zero attached hydrogens (tertiary/aromatic N) is 3. The Morgan fingerprint density at radius 2 is 2.14 bits per heavy atom. The third-order valence-corrected chi connectivity index (χ3v) is 4.71. The summed E-state index contributed by atoms with van der Waals surface area (Å²) in [5.74, 6) is 0.353. The Hall–Kier alpha value is -1.82. The molecular formula is C16H22N4OS. The van der Waals surface area contributed by atoms with E-state index in [1.165, 1.54) is 22.9 Å². The molecule has 1 aromatic heterocycles. The van der Waals surface area contributed by atoms with Crippen LogP contribution in [-0.4, -0.2) is 26.4 Å². The minimum atomic E-state index is 0.0121. The largest absolute Gasteiger partial charge is 0.349 e. The molecule has 0 saturated carbocycles.